The highest BCUT2D eigenvalue weighted by molar-refractivity contribution is 5.67. The number of rotatable bonds is 12. The zero-order valence-electron chi connectivity index (χ0n) is 25.0. The fraction of sp³-hybridized carbons (Fsp3) is 0.297. The van der Waals surface area contributed by atoms with Gasteiger partial charge in [-0.2, -0.15) is 4.24 Å². The molecule has 42 heavy (non-hydrogen) atoms. The maximum atomic E-state index is 4.19. The molecule has 2 unspecified atom stereocenters. The number of allylic oxidation sites excluding steroid dienone is 2. The van der Waals surface area contributed by atoms with Crippen LogP contribution < -0.4 is 23.9 Å². The molecule has 5 nitrogen and oxygen atoms in total. The molecule has 5 heterocycles. The van der Waals surface area contributed by atoms with Crippen molar-refractivity contribution in [2.75, 3.05) is 0 Å². The summed E-state index contributed by atoms with van der Waals surface area (Å²) >= 11 is 0. The van der Waals surface area contributed by atoms with Gasteiger partial charge < -0.3 is 5.32 Å². The number of aromatic nitrogens is 4. The molecule has 2 atom stereocenters. The Morgan fingerprint density at radius 2 is 1.43 bits per heavy atom. The lowest BCUT2D eigenvalue weighted by Crippen LogP contribution is -2.33. The highest BCUT2D eigenvalue weighted by atomic mass is 14.9. The van der Waals surface area contributed by atoms with Crippen molar-refractivity contribution in [1.82, 2.24) is 10.3 Å². The number of pyridine rings is 4. The molecule has 5 rings (SSSR count). The van der Waals surface area contributed by atoms with Crippen LogP contribution in [-0.2, 0) is 19.5 Å². The maximum absolute atomic E-state index is 4.19. The largest absolute Gasteiger partial charge is 0.368 e. The Balaban J connectivity index is 1.20. The van der Waals surface area contributed by atoms with Gasteiger partial charge in [0.15, 0.2) is 49.9 Å². The van der Waals surface area contributed by atoms with Crippen molar-refractivity contribution in [1.29, 1.82) is 0 Å². The monoisotopic (exact) mass is 558 g/mol. The Labute approximate surface area is 250 Å². The predicted octanol–water partition coefficient (Wildman–Crippen LogP) is 5.15. The first-order valence-corrected chi connectivity index (χ1v) is 15.4. The number of dihydropyridines is 1. The number of hydrogen-bond donors (Lipinski definition) is 1. The van der Waals surface area contributed by atoms with E-state index in [-0.39, 0.29) is 0 Å². The molecule has 0 aromatic carbocycles. The van der Waals surface area contributed by atoms with Crippen LogP contribution in [0.2, 0.25) is 0 Å². The molecule has 1 aliphatic heterocycles. The first-order chi connectivity index (χ1) is 20.7. The third kappa shape index (κ3) is 8.32. The molecule has 5 heteroatoms. The van der Waals surface area contributed by atoms with Gasteiger partial charge in [-0.05, 0) is 82.9 Å². The minimum absolute atomic E-state index is 0.480. The molecule has 0 amide bonds. The second-order valence-electron chi connectivity index (χ2n) is 11.3. The van der Waals surface area contributed by atoms with Gasteiger partial charge in [-0.25, -0.2) is 9.13 Å². The molecule has 4 aromatic heterocycles. The SMILES string of the molecule is CCC[n+]1ccc(C(CCc2ccncc2)CC(C)c2cc[n+](CCC=[n+]3ccc(=C4C=CNC=C4)cc3)cc2)cc1. The minimum atomic E-state index is 0.480. The van der Waals surface area contributed by atoms with Gasteiger partial charge in [-0.3, -0.25) is 4.98 Å². The molecule has 0 fully saturated rings. The molecular weight excluding hydrogens is 514 g/mol. The topological polar surface area (TPSA) is 38.6 Å². The number of nitrogens with zero attached hydrogens (tertiary/aromatic N) is 4. The molecule has 0 radical (unpaired) electrons. The lowest BCUT2D eigenvalue weighted by atomic mass is 9.83. The van der Waals surface area contributed by atoms with E-state index in [0.29, 0.717) is 11.8 Å². The summed E-state index contributed by atoms with van der Waals surface area (Å²) < 4.78 is 6.72. The van der Waals surface area contributed by atoms with Crippen molar-refractivity contribution in [3.8, 4) is 0 Å². The Morgan fingerprint density at radius 1 is 0.786 bits per heavy atom. The lowest BCUT2D eigenvalue weighted by molar-refractivity contribution is -0.698. The molecule has 0 saturated carbocycles. The molecular formula is C37H44N5+3. The fourth-order valence-corrected chi connectivity index (χ4v) is 5.66. The smallest absolute Gasteiger partial charge is 0.174 e. The van der Waals surface area contributed by atoms with Crippen LogP contribution in [0.25, 0.3) is 5.57 Å². The summed E-state index contributed by atoms with van der Waals surface area (Å²) in [4.78, 5) is 4.19. The van der Waals surface area contributed by atoms with Crippen LogP contribution in [0.4, 0.5) is 0 Å². The predicted molar refractivity (Wildman–Crippen MR) is 167 cm³/mol. The van der Waals surface area contributed by atoms with Crippen LogP contribution in [-0.4, -0.2) is 4.98 Å². The summed E-state index contributed by atoms with van der Waals surface area (Å²) in [5.41, 5.74) is 5.43. The normalized spacial score (nSPS) is 13.9. The van der Waals surface area contributed by atoms with Crippen molar-refractivity contribution in [3.63, 3.8) is 0 Å². The van der Waals surface area contributed by atoms with Gasteiger partial charge >= 0.3 is 0 Å². The van der Waals surface area contributed by atoms with Crippen LogP contribution in [0, 0.1) is 6.21 Å². The molecule has 0 bridgehead atoms. The van der Waals surface area contributed by atoms with Crippen molar-refractivity contribution in [3.05, 3.63) is 151 Å². The summed E-state index contributed by atoms with van der Waals surface area (Å²) in [6.45, 7) is 6.62. The summed E-state index contributed by atoms with van der Waals surface area (Å²) in [5, 5.41) is 4.30. The average molecular weight is 559 g/mol. The van der Waals surface area contributed by atoms with Gasteiger partial charge in [0, 0.05) is 67.6 Å². The van der Waals surface area contributed by atoms with E-state index < -0.39 is 0 Å². The van der Waals surface area contributed by atoms with Gasteiger partial charge in [0.1, 0.15) is 6.54 Å². The summed E-state index contributed by atoms with van der Waals surface area (Å²) in [7, 11) is 0. The standard InChI is InChI=1S/C37H44N5/c1-3-21-40-26-15-36(16-27-40)37(6-5-32-7-17-38-18-8-32)30-31(2)33-11-24-41(25-12-33)22-4-23-42-28-13-35(14-29-42)34-9-19-39-20-10-34/h7-20,23-29,31,37,39H,3-6,21-22,30H2,1-2H3/q+3. The lowest BCUT2D eigenvalue weighted by Gasteiger charge is -2.21. The van der Waals surface area contributed by atoms with E-state index in [2.05, 4.69) is 142 Å². The van der Waals surface area contributed by atoms with Gasteiger partial charge in [-0.1, -0.05) is 13.8 Å². The van der Waals surface area contributed by atoms with E-state index in [1.54, 1.807) is 0 Å². The summed E-state index contributed by atoms with van der Waals surface area (Å²) in [6, 6.07) is 17.9. The van der Waals surface area contributed by atoms with Crippen LogP contribution in [0.5, 0.6) is 0 Å². The molecule has 1 aliphatic rings. The third-order valence-electron chi connectivity index (χ3n) is 8.16. The Morgan fingerprint density at radius 3 is 2.10 bits per heavy atom. The minimum Gasteiger partial charge on any atom is -0.368 e. The van der Waals surface area contributed by atoms with Crippen molar-refractivity contribution < 1.29 is 13.4 Å². The second kappa shape index (κ2) is 15.0. The zero-order chi connectivity index (χ0) is 29.0. The summed E-state index contributed by atoms with van der Waals surface area (Å²) in [5.74, 6) is 0.989. The molecule has 214 valence electrons. The number of aryl methyl sites for hydroxylation is 3. The Kier molecular flexibility index (Phi) is 10.4. The summed E-state index contributed by atoms with van der Waals surface area (Å²) in [6.07, 6.45) is 32.8. The second-order valence-corrected chi connectivity index (χ2v) is 11.3. The molecule has 0 saturated heterocycles. The van der Waals surface area contributed by atoms with Gasteiger partial charge in [0.25, 0.3) is 0 Å². The van der Waals surface area contributed by atoms with Crippen LogP contribution in [0.1, 0.15) is 68.1 Å². The fourth-order valence-electron chi connectivity index (χ4n) is 5.66. The van der Waals surface area contributed by atoms with Gasteiger partial charge in [0.05, 0.1) is 6.42 Å². The van der Waals surface area contributed by atoms with Gasteiger partial charge in [0.2, 0.25) is 0 Å². The molecule has 1 N–H and O–H groups in total. The number of nitrogens with one attached hydrogen (secondary N) is 1. The molecule has 0 aliphatic carbocycles. The first kappa shape index (κ1) is 29.1. The van der Waals surface area contributed by atoms with E-state index in [4.69, 9.17) is 0 Å². The van der Waals surface area contributed by atoms with Crippen molar-refractivity contribution >= 4 is 5.57 Å². The van der Waals surface area contributed by atoms with E-state index in [0.717, 1.165) is 45.2 Å². The zero-order valence-corrected chi connectivity index (χ0v) is 25.0. The van der Waals surface area contributed by atoms with E-state index >= 15 is 0 Å². The third-order valence-corrected chi connectivity index (χ3v) is 8.16. The quantitative estimate of drug-likeness (QED) is 0.245. The molecule has 0 spiro atoms. The van der Waals surface area contributed by atoms with Crippen LogP contribution >= 0.6 is 0 Å². The number of hydrogen-bond acceptors (Lipinski definition) is 2. The molecule has 4 aromatic rings. The van der Waals surface area contributed by atoms with Gasteiger partial charge in [-0.15, -0.1) is 0 Å². The van der Waals surface area contributed by atoms with Crippen molar-refractivity contribution in [2.24, 2.45) is 0 Å². The van der Waals surface area contributed by atoms with Crippen LogP contribution in [0.15, 0.2) is 123 Å². The van der Waals surface area contributed by atoms with E-state index in [1.165, 1.54) is 27.5 Å². The Hall–Kier alpha value is -4.38. The maximum Gasteiger partial charge on any atom is 0.174 e. The van der Waals surface area contributed by atoms with Crippen LogP contribution in [0.3, 0.4) is 0 Å². The average Bonchev–Trinajstić information content (AvgIpc) is 3.05. The van der Waals surface area contributed by atoms with Crippen molar-refractivity contribution in [2.45, 2.75) is 70.9 Å². The van der Waals surface area contributed by atoms with E-state index in [1.807, 2.05) is 24.8 Å². The Bertz CT molecular complexity index is 1550. The highest BCUT2D eigenvalue weighted by Gasteiger charge is 2.19. The first-order valence-electron chi connectivity index (χ1n) is 15.4. The highest BCUT2D eigenvalue weighted by Crippen LogP contribution is 2.32. The van der Waals surface area contributed by atoms with E-state index in [9.17, 15) is 0 Å².